The lowest BCUT2D eigenvalue weighted by Gasteiger charge is -2.37. The fourth-order valence-electron chi connectivity index (χ4n) is 3.08. The van der Waals surface area contributed by atoms with Gasteiger partial charge in [-0.15, -0.1) is 5.10 Å². The fourth-order valence-corrected chi connectivity index (χ4v) is 3.08. The monoisotopic (exact) mass is 334 g/mol. The van der Waals surface area contributed by atoms with Crippen molar-refractivity contribution in [2.75, 3.05) is 13.1 Å². The minimum atomic E-state index is -0.971. The number of nitrogens with zero attached hydrogens (tertiary/aromatic N) is 6. The summed E-state index contributed by atoms with van der Waals surface area (Å²) in [5.74, 6) is 1.35. The summed E-state index contributed by atoms with van der Waals surface area (Å²) in [6.45, 7) is 8.14. The van der Waals surface area contributed by atoms with E-state index in [0.29, 0.717) is 36.9 Å². The van der Waals surface area contributed by atoms with Crippen molar-refractivity contribution in [3.63, 3.8) is 0 Å². The van der Waals surface area contributed by atoms with Gasteiger partial charge in [-0.2, -0.15) is 4.98 Å². The molecule has 2 aromatic rings. The Labute approximate surface area is 141 Å². The Bertz CT molecular complexity index is 667. The molecule has 1 aliphatic rings. The predicted octanol–water partition coefficient (Wildman–Crippen LogP) is 1.68. The molecule has 8 heteroatoms. The first-order chi connectivity index (χ1) is 11.5. The third-order valence-electron chi connectivity index (χ3n) is 4.41. The number of hydrogen-bond donors (Lipinski definition) is 1. The van der Waals surface area contributed by atoms with Gasteiger partial charge in [-0.1, -0.05) is 17.3 Å². The van der Waals surface area contributed by atoms with E-state index in [4.69, 9.17) is 4.52 Å². The van der Waals surface area contributed by atoms with E-state index in [1.165, 1.54) is 0 Å². The highest BCUT2D eigenvalue weighted by molar-refractivity contribution is 5.10. The van der Waals surface area contributed by atoms with Crippen molar-refractivity contribution in [2.45, 2.75) is 64.6 Å². The number of β-amino-alcohol motifs (C(OH)–C–C–N with tert-alkyl or cyclic N) is 1. The summed E-state index contributed by atoms with van der Waals surface area (Å²) in [5, 5.41) is 23.4. The SMILES string of the molecule is CCCc1nc(CN2CCCC(O)(c3cn(C(C)C)nn3)C2)no1. The van der Waals surface area contributed by atoms with E-state index < -0.39 is 5.60 Å². The van der Waals surface area contributed by atoms with Gasteiger partial charge in [0, 0.05) is 19.0 Å². The number of piperidine rings is 1. The number of likely N-dealkylation sites (tertiary alicyclic amines) is 1. The summed E-state index contributed by atoms with van der Waals surface area (Å²) in [7, 11) is 0. The summed E-state index contributed by atoms with van der Waals surface area (Å²) >= 11 is 0. The highest BCUT2D eigenvalue weighted by Crippen LogP contribution is 2.31. The Morgan fingerprint density at radius 2 is 2.25 bits per heavy atom. The molecule has 1 saturated heterocycles. The number of aryl methyl sites for hydroxylation is 1. The summed E-state index contributed by atoms with van der Waals surface area (Å²) in [6, 6.07) is 0.228. The van der Waals surface area contributed by atoms with Crippen LogP contribution in [0.1, 0.15) is 63.5 Å². The molecule has 8 nitrogen and oxygen atoms in total. The van der Waals surface area contributed by atoms with Crippen molar-refractivity contribution in [1.82, 2.24) is 30.0 Å². The Morgan fingerprint density at radius 3 is 2.96 bits per heavy atom. The molecule has 1 unspecified atom stereocenters. The van der Waals surface area contributed by atoms with Crippen LogP contribution in [0, 0.1) is 0 Å². The Balaban J connectivity index is 1.68. The van der Waals surface area contributed by atoms with Crippen molar-refractivity contribution < 1.29 is 9.63 Å². The molecule has 0 aliphatic carbocycles. The zero-order valence-corrected chi connectivity index (χ0v) is 14.6. The van der Waals surface area contributed by atoms with Gasteiger partial charge in [0.05, 0.1) is 12.7 Å². The second-order valence-electron chi connectivity index (χ2n) is 6.88. The van der Waals surface area contributed by atoms with Gasteiger partial charge in [0.2, 0.25) is 5.89 Å². The lowest BCUT2D eigenvalue weighted by molar-refractivity contribution is -0.0422. The maximum atomic E-state index is 11.1. The van der Waals surface area contributed by atoms with Crippen LogP contribution in [0.3, 0.4) is 0 Å². The summed E-state index contributed by atoms with van der Waals surface area (Å²) in [5.41, 5.74) is -0.331. The van der Waals surface area contributed by atoms with Crippen molar-refractivity contribution in [2.24, 2.45) is 0 Å². The van der Waals surface area contributed by atoms with Gasteiger partial charge in [-0.25, -0.2) is 4.68 Å². The highest BCUT2D eigenvalue weighted by Gasteiger charge is 2.38. The van der Waals surface area contributed by atoms with E-state index in [-0.39, 0.29) is 6.04 Å². The van der Waals surface area contributed by atoms with Crippen LogP contribution in [0.5, 0.6) is 0 Å². The summed E-state index contributed by atoms with van der Waals surface area (Å²) < 4.78 is 7.02. The number of rotatable bonds is 6. The molecule has 0 radical (unpaired) electrons. The smallest absolute Gasteiger partial charge is 0.226 e. The van der Waals surface area contributed by atoms with Crippen LogP contribution in [-0.4, -0.2) is 48.2 Å². The maximum absolute atomic E-state index is 11.1. The molecule has 24 heavy (non-hydrogen) atoms. The minimum Gasteiger partial charge on any atom is -0.382 e. The van der Waals surface area contributed by atoms with Gasteiger partial charge >= 0.3 is 0 Å². The van der Waals surface area contributed by atoms with Gasteiger partial charge in [-0.3, -0.25) is 4.90 Å². The second kappa shape index (κ2) is 6.98. The highest BCUT2D eigenvalue weighted by atomic mass is 16.5. The molecule has 132 valence electrons. The lowest BCUT2D eigenvalue weighted by atomic mass is 9.90. The first-order valence-electron chi connectivity index (χ1n) is 8.68. The molecule has 3 rings (SSSR count). The van der Waals surface area contributed by atoms with Gasteiger partial charge in [0.15, 0.2) is 5.82 Å². The van der Waals surface area contributed by atoms with Crippen molar-refractivity contribution >= 4 is 0 Å². The number of hydrogen-bond acceptors (Lipinski definition) is 7. The third-order valence-corrected chi connectivity index (χ3v) is 4.41. The minimum absolute atomic E-state index is 0.228. The molecule has 0 spiro atoms. The first-order valence-corrected chi connectivity index (χ1v) is 8.68. The Kier molecular flexibility index (Phi) is 4.96. The topological polar surface area (TPSA) is 93.1 Å². The average molecular weight is 334 g/mol. The predicted molar refractivity (Wildman–Crippen MR) is 87.1 cm³/mol. The normalized spacial score (nSPS) is 22.4. The van der Waals surface area contributed by atoms with Crippen LogP contribution in [0.25, 0.3) is 0 Å². The van der Waals surface area contributed by atoms with Crippen LogP contribution in [0.15, 0.2) is 10.7 Å². The molecule has 3 heterocycles. The lowest BCUT2D eigenvalue weighted by Crippen LogP contribution is -2.46. The molecular formula is C16H26N6O2. The van der Waals surface area contributed by atoms with E-state index in [0.717, 1.165) is 25.8 Å². The van der Waals surface area contributed by atoms with Crippen LogP contribution in [-0.2, 0) is 18.6 Å². The molecule has 0 aromatic carbocycles. The molecule has 0 bridgehead atoms. The third kappa shape index (κ3) is 3.64. The molecule has 1 aliphatic heterocycles. The maximum Gasteiger partial charge on any atom is 0.226 e. The molecular weight excluding hydrogens is 308 g/mol. The van der Waals surface area contributed by atoms with E-state index in [9.17, 15) is 5.11 Å². The van der Waals surface area contributed by atoms with E-state index in [1.54, 1.807) is 4.68 Å². The van der Waals surface area contributed by atoms with Crippen molar-refractivity contribution in [1.29, 1.82) is 0 Å². The molecule has 1 fully saturated rings. The molecule has 1 atom stereocenters. The van der Waals surface area contributed by atoms with Crippen molar-refractivity contribution in [3.8, 4) is 0 Å². The Morgan fingerprint density at radius 1 is 1.42 bits per heavy atom. The molecule has 0 amide bonds. The number of aliphatic hydroxyl groups is 1. The number of aromatic nitrogens is 5. The fraction of sp³-hybridized carbons (Fsp3) is 0.750. The zero-order chi connectivity index (χ0) is 17.2. The zero-order valence-electron chi connectivity index (χ0n) is 14.6. The molecule has 0 saturated carbocycles. The van der Waals surface area contributed by atoms with E-state index >= 15 is 0 Å². The second-order valence-corrected chi connectivity index (χ2v) is 6.88. The van der Waals surface area contributed by atoms with Crippen LogP contribution in [0.2, 0.25) is 0 Å². The summed E-state index contributed by atoms with van der Waals surface area (Å²) in [4.78, 5) is 6.56. The van der Waals surface area contributed by atoms with Crippen molar-refractivity contribution in [3.05, 3.63) is 23.6 Å². The van der Waals surface area contributed by atoms with E-state index in [1.807, 2.05) is 20.0 Å². The average Bonchev–Trinajstić information content (AvgIpc) is 3.17. The summed E-state index contributed by atoms with van der Waals surface area (Å²) in [6.07, 6.45) is 5.21. The van der Waals surface area contributed by atoms with Gasteiger partial charge in [-0.05, 0) is 39.7 Å². The van der Waals surface area contributed by atoms with Crippen LogP contribution >= 0.6 is 0 Å². The molecule has 2 aromatic heterocycles. The quantitative estimate of drug-likeness (QED) is 0.859. The van der Waals surface area contributed by atoms with Gasteiger partial charge in [0.1, 0.15) is 11.3 Å². The van der Waals surface area contributed by atoms with E-state index in [2.05, 4.69) is 32.3 Å². The van der Waals surface area contributed by atoms with Crippen LogP contribution < -0.4 is 0 Å². The Hall–Kier alpha value is -1.80. The first kappa shape index (κ1) is 17.0. The standard InChI is InChI=1S/C16H26N6O2/c1-4-6-15-17-14(19-24-15)10-21-8-5-7-16(23,11-21)13-9-22(12(2)3)20-18-13/h9,12,23H,4-8,10-11H2,1-3H3. The largest absolute Gasteiger partial charge is 0.382 e. The van der Waals surface area contributed by atoms with Gasteiger partial charge < -0.3 is 9.63 Å². The van der Waals surface area contributed by atoms with Crippen LogP contribution in [0.4, 0.5) is 0 Å². The van der Waals surface area contributed by atoms with Gasteiger partial charge in [0.25, 0.3) is 0 Å². The molecule has 1 N–H and O–H groups in total.